The maximum atomic E-state index is 13.4. The zero-order chi connectivity index (χ0) is 27.7. The number of likely N-dealkylation sites (tertiary alicyclic amines) is 1. The van der Waals surface area contributed by atoms with E-state index < -0.39 is 17.8 Å². The molecule has 5 rings (SSSR count). The number of anilines is 1. The van der Waals surface area contributed by atoms with Gasteiger partial charge in [-0.1, -0.05) is 36.4 Å². The van der Waals surface area contributed by atoms with E-state index in [9.17, 15) is 27.6 Å². The Bertz CT molecular complexity index is 1380. The molecule has 1 unspecified atom stereocenters. The van der Waals surface area contributed by atoms with Crippen LogP contribution in [-0.2, 0) is 15.8 Å². The van der Waals surface area contributed by atoms with Crippen LogP contribution in [0.15, 0.2) is 72.8 Å². The number of halogens is 3. The first kappa shape index (κ1) is 26.5. The fourth-order valence-electron chi connectivity index (χ4n) is 5.24. The molecule has 39 heavy (non-hydrogen) atoms. The van der Waals surface area contributed by atoms with Crippen molar-refractivity contribution in [2.24, 2.45) is 0 Å². The van der Waals surface area contributed by atoms with Gasteiger partial charge in [-0.25, -0.2) is 0 Å². The van der Waals surface area contributed by atoms with Gasteiger partial charge in [0, 0.05) is 43.9 Å². The molecule has 3 aromatic carbocycles. The topological polar surface area (TPSA) is 60.9 Å². The molecule has 2 fully saturated rings. The van der Waals surface area contributed by atoms with Crippen molar-refractivity contribution in [1.82, 2.24) is 9.80 Å². The van der Waals surface area contributed by atoms with Gasteiger partial charge >= 0.3 is 6.18 Å². The molecule has 2 aliphatic rings. The average Bonchev–Trinajstić information content (AvgIpc) is 3.34. The number of nitrogens with zero attached hydrogens (tertiary/aromatic N) is 3. The number of piperazine rings is 1. The minimum Gasteiger partial charge on any atom is -0.368 e. The minimum absolute atomic E-state index is 0.0228. The predicted molar refractivity (Wildman–Crippen MR) is 141 cm³/mol. The van der Waals surface area contributed by atoms with Crippen molar-refractivity contribution >= 4 is 23.3 Å². The van der Waals surface area contributed by atoms with E-state index >= 15 is 0 Å². The van der Waals surface area contributed by atoms with Crippen LogP contribution in [-0.4, -0.2) is 66.2 Å². The molecule has 2 heterocycles. The van der Waals surface area contributed by atoms with Crippen molar-refractivity contribution in [3.8, 4) is 11.1 Å². The standard InChI is InChI=1S/C30H28F3N3O3/c1-20-4-2-3-5-26(20)21-6-8-22(9-7-21)28(38)36-19-25(37)18-27(36)29(39)35-16-14-34(15-17-35)24-12-10-23(11-13-24)30(31,32)33/h2-13,27H,14-19H2,1H3. The van der Waals surface area contributed by atoms with Crippen LogP contribution < -0.4 is 4.90 Å². The van der Waals surface area contributed by atoms with Gasteiger partial charge in [0.05, 0.1) is 12.1 Å². The Labute approximate surface area is 224 Å². The number of aryl methyl sites for hydroxylation is 1. The molecule has 6 nitrogen and oxygen atoms in total. The zero-order valence-corrected chi connectivity index (χ0v) is 21.4. The van der Waals surface area contributed by atoms with E-state index in [1.54, 1.807) is 17.0 Å². The summed E-state index contributed by atoms with van der Waals surface area (Å²) in [7, 11) is 0. The summed E-state index contributed by atoms with van der Waals surface area (Å²) in [6.45, 7) is 3.47. The van der Waals surface area contributed by atoms with Crippen LogP contribution >= 0.6 is 0 Å². The molecular formula is C30H28F3N3O3. The van der Waals surface area contributed by atoms with Crippen molar-refractivity contribution in [2.45, 2.75) is 25.6 Å². The fraction of sp³-hybridized carbons (Fsp3) is 0.300. The number of carbonyl (C=O) groups is 3. The van der Waals surface area contributed by atoms with Crippen LogP contribution in [0.25, 0.3) is 11.1 Å². The summed E-state index contributed by atoms with van der Waals surface area (Å²) in [4.78, 5) is 44.0. The Kier molecular flexibility index (Phi) is 7.16. The number of carbonyl (C=O) groups excluding carboxylic acids is 3. The second-order valence-corrected chi connectivity index (χ2v) is 9.94. The summed E-state index contributed by atoms with van der Waals surface area (Å²) in [5.41, 5.74) is 3.51. The molecule has 2 amide bonds. The number of benzene rings is 3. The lowest BCUT2D eigenvalue weighted by Crippen LogP contribution is -2.54. The van der Waals surface area contributed by atoms with Crippen LogP contribution in [0.1, 0.15) is 27.9 Å². The van der Waals surface area contributed by atoms with Crippen LogP contribution in [0, 0.1) is 6.92 Å². The van der Waals surface area contributed by atoms with Gasteiger partial charge in [-0.3, -0.25) is 14.4 Å². The summed E-state index contributed by atoms with van der Waals surface area (Å²) in [5.74, 6) is -0.807. The first-order valence-corrected chi connectivity index (χ1v) is 12.8. The number of alkyl halides is 3. The van der Waals surface area contributed by atoms with Gasteiger partial charge in [-0.15, -0.1) is 0 Å². The molecule has 2 saturated heterocycles. The average molecular weight is 536 g/mol. The van der Waals surface area contributed by atoms with Gasteiger partial charge in [0.1, 0.15) is 6.04 Å². The number of amides is 2. The van der Waals surface area contributed by atoms with Gasteiger partial charge < -0.3 is 14.7 Å². The number of rotatable bonds is 4. The lowest BCUT2D eigenvalue weighted by atomic mass is 9.99. The molecule has 0 aromatic heterocycles. The lowest BCUT2D eigenvalue weighted by molar-refractivity contribution is -0.137. The molecule has 9 heteroatoms. The molecule has 0 N–H and O–H groups in total. The maximum Gasteiger partial charge on any atom is 0.416 e. The third-order valence-electron chi connectivity index (χ3n) is 7.43. The molecule has 3 aromatic rings. The minimum atomic E-state index is -4.39. The number of hydrogen-bond donors (Lipinski definition) is 0. The highest BCUT2D eigenvalue weighted by atomic mass is 19.4. The van der Waals surface area contributed by atoms with Gasteiger partial charge in [-0.05, 0) is 60.0 Å². The summed E-state index contributed by atoms with van der Waals surface area (Å²) in [6, 6.07) is 19.2. The normalized spacial score (nSPS) is 18.0. The van der Waals surface area contributed by atoms with Crippen LogP contribution in [0.5, 0.6) is 0 Å². The quantitative estimate of drug-likeness (QED) is 0.481. The maximum absolute atomic E-state index is 13.4. The Morgan fingerprint density at radius 3 is 2.10 bits per heavy atom. The third kappa shape index (κ3) is 5.53. The van der Waals surface area contributed by atoms with Crippen molar-refractivity contribution in [3.63, 3.8) is 0 Å². The molecule has 0 radical (unpaired) electrons. The summed E-state index contributed by atoms with van der Waals surface area (Å²) in [6.07, 6.45) is -4.42. The monoisotopic (exact) mass is 535 g/mol. The first-order valence-electron chi connectivity index (χ1n) is 12.8. The Morgan fingerprint density at radius 1 is 0.846 bits per heavy atom. The van der Waals surface area contributed by atoms with Crippen molar-refractivity contribution in [1.29, 1.82) is 0 Å². The van der Waals surface area contributed by atoms with Crippen molar-refractivity contribution in [2.75, 3.05) is 37.6 Å². The first-order chi connectivity index (χ1) is 18.6. The molecular weight excluding hydrogens is 507 g/mol. The van der Waals surface area contributed by atoms with E-state index in [0.29, 0.717) is 37.4 Å². The highest BCUT2D eigenvalue weighted by molar-refractivity contribution is 6.04. The van der Waals surface area contributed by atoms with E-state index in [0.717, 1.165) is 28.8 Å². The van der Waals surface area contributed by atoms with E-state index in [4.69, 9.17) is 0 Å². The molecule has 0 aliphatic carbocycles. The number of Topliss-reactive ketones (excluding diaryl/α,β-unsaturated/α-hetero) is 1. The third-order valence-corrected chi connectivity index (χ3v) is 7.43. The highest BCUT2D eigenvalue weighted by Gasteiger charge is 2.41. The van der Waals surface area contributed by atoms with Crippen LogP contribution in [0.3, 0.4) is 0 Å². The zero-order valence-electron chi connectivity index (χ0n) is 21.4. The molecule has 0 saturated carbocycles. The lowest BCUT2D eigenvalue weighted by Gasteiger charge is -2.38. The van der Waals surface area contributed by atoms with E-state index in [2.05, 4.69) is 0 Å². The summed E-state index contributed by atoms with van der Waals surface area (Å²) < 4.78 is 38.6. The Morgan fingerprint density at radius 2 is 1.49 bits per heavy atom. The van der Waals surface area contributed by atoms with Crippen LogP contribution in [0.2, 0.25) is 0 Å². The second kappa shape index (κ2) is 10.6. The SMILES string of the molecule is Cc1ccccc1-c1ccc(C(=O)N2CC(=O)CC2C(=O)N2CCN(c3ccc(C(F)(F)F)cc3)CC2)cc1. The Balaban J connectivity index is 1.24. The van der Waals surface area contributed by atoms with Gasteiger partial charge in [0.15, 0.2) is 5.78 Å². The molecule has 1 atom stereocenters. The Hall–Kier alpha value is -4.14. The van der Waals surface area contributed by atoms with E-state index in [1.807, 2.05) is 48.2 Å². The van der Waals surface area contributed by atoms with Crippen molar-refractivity contribution < 1.29 is 27.6 Å². The molecule has 2 aliphatic heterocycles. The van der Waals surface area contributed by atoms with Gasteiger partial charge in [0.25, 0.3) is 5.91 Å². The van der Waals surface area contributed by atoms with Gasteiger partial charge in [-0.2, -0.15) is 13.2 Å². The number of ketones is 1. The largest absolute Gasteiger partial charge is 0.416 e. The van der Waals surface area contributed by atoms with E-state index in [-0.39, 0.29) is 30.6 Å². The second-order valence-electron chi connectivity index (χ2n) is 9.94. The summed E-state index contributed by atoms with van der Waals surface area (Å²) >= 11 is 0. The molecule has 202 valence electrons. The summed E-state index contributed by atoms with van der Waals surface area (Å²) in [5, 5.41) is 0. The van der Waals surface area contributed by atoms with E-state index in [1.165, 1.54) is 17.0 Å². The predicted octanol–water partition coefficient (Wildman–Crippen LogP) is 4.81. The van der Waals surface area contributed by atoms with Gasteiger partial charge in [0.2, 0.25) is 5.91 Å². The highest BCUT2D eigenvalue weighted by Crippen LogP contribution is 2.31. The van der Waals surface area contributed by atoms with Crippen molar-refractivity contribution in [3.05, 3.63) is 89.5 Å². The molecule has 0 bridgehead atoms. The smallest absolute Gasteiger partial charge is 0.368 e. The fourth-order valence-corrected chi connectivity index (χ4v) is 5.24. The van der Waals surface area contributed by atoms with Crippen LogP contribution in [0.4, 0.5) is 18.9 Å². The molecule has 0 spiro atoms. The number of hydrogen-bond acceptors (Lipinski definition) is 4.